The minimum absolute atomic E-state index is 0.114. The molecule has 4 heterocycles. The van der Waals surface area contributed by atoms with Gasteiger partial charge < -0.3 is 9.80 Å². The molecule has 1 aromatic heterocycles. The molecule has 4 rings (SSSR count). The normalized spacial score (nSPS) is 23.9. The molecule has 9 heteroatoms. The average Bonchev–Trinajstić information content (AvgIpc) is 2.95. The Labute approximate surface area is 186 Å². The molecule has 0 aromatic carbocycles. The van der Waals surface area contributed by atoms with E-state index in [0.29, 0.717) is 19.6 Å². The summed E-state index contributed by atoms with van der Waals surface area (Å²) in [5.74, 6) is 1.30. The third kappa shape index (κ3) is 4.06. The van der Waals surface area contributed by atoms with Crippen LogP contribution in [0.3, 0.4) is 0 Å². The Hall–Kier alpha value is -1.74. The summed E-state index contributed by atoms with van der Waals surface area (Å²) in [4.78, 5) is 26.6. The molecule has 8 nitrogen and oxygen atoms in total. The van der Waals surface area contributed by atoms with Crippen LogP contribution in [0.2, 0.25) is 0 Å². The van der Waals surface area contributed by atoms with Crippen molar-refractivity contribution in [2.24, 2.45) is 11.3 Å². The molecule has 0 unspecified atom stereocenters. The maximum absolute atomic E-state index is 13.6. The lowest BCUT2D eigenvalue weighted by Gasteiger charge is -2.44. The number of hydrogen-bond donors (Lipinski definition) is 0. The first kappa shape index (κ1) is 22.5. The highest BCUT2D eigenvalue weighted by Gasteiger charge is 2.60. The molecule has 0 bridgehead atoms. The van der Waals surface area contributed by atoms with Gasteiger partial charge in [-0.25, -0.2) is 22.7 Å². The van der Waals surface area contributed by atoms with Gasteiger partial charge in [-0.05, 0) is 51.0 Å². The van der Waals surface area contributed by atoms with Crippen molar-refractivity contribution in [2.45, 2.75) is 58.4 Å². The van der Waals surface area contributed by atoms with Gasteiger partial charge in [-0.15, -0.1) is 0 Å². The highest BCUT2D eigenvalue weighted by molar-refractivity contribution is 7.89. The monoisotopic (exact) mass is 449 g/mol. The highest BCUT2D eigenvalue weighted by atomic mass is 32.2. The molecule has 31 heavy (non-hydrogen) atoms. The molecule has 1 amide bonds. The lowest BCUT2D eigenvalue weighted by Crippen LogP contribution is -2.54. The van der Waals surface area contributed by atoms with Crippen molar-refractivity contribution >= 4 is 21.9 Å². The molecule has 0 atom stereocenters. The molecule has 172 valence electrons. The molecule has 3 fully saturated rings. The van der Waals surface area contributed by atoms with Crippen LogP contribution in [-0.2, 0) is 14.8 Å². The fourth-order valence-corrected chi connectivity index (χ4v) is 7.71. The van der Waals surface area contributed by atoms with Crippen molar-refractivity contribution in [1.82, 2.24) is 19.2 Å². The predicted molar refractivity (Wildman–Crippen MR) is 120 cm³/mol. The maximum atomic E-state index is 13.6. The summed E-state index contributed by atoms with van der Waals surface area (Å²) in [7, 11) is -3.23. The molecule has 0 N–H and O–H groups in total. The number of amides is 1. The van der Waals surface area contributed by atoms with Crippen molar-refractivity contribution in [1.29, 1.82) is 0 Å². The van der Waals surface area contributed by atoms with Crippen LogP contribution in [0.1, 0.15) is 52.9 Å². The van der Waals surface area contributed by atoms with Gasteiger partial charge in [0, 0.05) is 50.7 Å². The third-order valence-electron chi connectivity index (χ3n) is 7.40. The predicted octanol–water partition coefficient (Wildman–Crippen LogP) is 2.14. The number of carbonyl (C=O) groups excluding carboxylic acids is 1. The van der Waals surface area contributed by atoms with Crippen molar-refractivity contribution in [3.05, 3.63) is 18.5 Å². The lowest BCUT2D eigenvalue weighted by atomic mass is 9.71. The van der Waals surface area contributed by atoms with Crippen LogP contribution < -0.4 is 4.90 Å². The Morgan fingerprint density at radius 1 is 1.03 bits per heavy atom. The van der Waals surface area contributed by atoms with E-state index in [1.54, 1.807) is 16.7 Å². The van der Waals surface area contributed by atoms with E-state index in [4.69, 9.17) is 0 Å². The molecule has 0 saturated carbocycles. The van der Waals surface area contributed by atoms with Gasteiger partial charge >= 0.3 is 0 Å². The minimum Gasteiger partial charge on any atom is -0.341 e. The van der Waals surface area contributed by atoms with E-state index in [1.807, 2.05) is 26.8 Å². The number of anilines is 1. The van der Waals surface area contributed by atoms with Gasteiger partial charge in [0.05, 0.1) is 11.2 Å². The quantitative estimate of drug-likeness (QED) is 0.685. The molecule has 3 saturated heterocycles. The Morgan fingerprint density at radius 3 is 2.19 bits per heavy atom. The van der Waals surface area contributed by atoms with Crippen LogP contribution in [0.25, 0.3) is 0 Å². The molecule has 3 aliphatic rings. The van der Waals surface area contributed by atoms with Gasteiger partial charge in [-0.2, -0.15) is 0 Å². The summed E-state index contributed by atoms with van der Waals surface area (Å²) < 4.78 is 27.1. The summed E-state index contributed by atoms with van der Waals surface area (Å²) in [5, 5.41) is 0. The zero-order valence-electron chi connectivity index (χ0n) is 19.0. The van der Waals surface area contributed by atoms with Gasteiger partial charge in [0.25, 0.3) is 0 Å². The molecular formula is C22H35N5O3S. The average molecular weight is 450 g/mol. The number of aromatic nitrogens is 2. The van der Waals surface area contributed by atoms with E-state index in [1.165, 1.54) is 0 Å². The number of piperidine rings is 2. The first-order valence-corrected chi connectivity index (χ1v) is 13.1. The van der Waals surface area contributed by atoms with E-state index in [2.05, 4.69) is 19.8 Å². The number of likely N-dealkylation sites (tertiary alicyclic amines) is 1. The van der Waals surface area contributed by atoms with Gasteiger partial charge in [-0.3, -0.25) is 4.79 Å². The second-order valence-corrected chi connectivity index (χ2v) is 11.9. The number of carbonyl (C=O) groups is 1. The largest absolute Gasteiger partial charge is 0.341 e. The van der Waals surface area contributed by atoms with Crippen molar-refractivity contribution in [3.63, 3.8) is 0 Å². The summed E-state index contributed by atoms with van der Waals surface area (Å²) in [6, 6.07) is 1.81. The SMILES string of the molecule is CCN1C(=O)C2(CCN(c3ncccn3)CC2)CC12CCN(S(=O)(=O)CC(C)C)CC2. The van der Waals surface area contributed by atoms with Gasteiger partial charge in [0.1, 0.15) is 0 Å². The second kappa shape index (κ2) is 8.31. The molecule has 2 spiro atoms. The summed E-state index contributed by atoms with van der Waals surface area (Å²) >= 11 is 0. The summed E-state index contributed by atoms with van der Waals surface area (Å²) in [5.41, 5.74) is -0.540. The first-order chi connectivity index (χ1) is 14.7. The molecular weight excluding hydrogens is 414 g/mol. The van der Waals surface area contributed by atoms with Crippen LogP contribution in [0.15, 0.2) is 18.5 Å². The van der Waals surface area contributed by atoms with Crippen LogP contribution in [0.5, 0.6) is 0 Å². The minimum atomic E-state index is -3.23. The number of rotatable bonds is 5. The molecule has 0 radical (unpaired) electrons. The molecule has 0 aliphatic carbocycles. The fourth-order valence-electron chi connectivity index (χ4n) is 5.92. The van der Waals surface area contributed by atoms with E-state index >= 15 is 0 Å². The zero-order valence-corrected chi connectivity index (χ0v) is 19.8. The van der Waals surface area contributed by atoms with Gasteiger partial charge in [0.2, 0.25) is 21.9 Å². The van der Waals surface area contributed by atoms with Crippen LogP contribution in [0.4, 0.5) is 5.95 Å². The summed E-state index contributed by atoms with van der Waals surface area (Å²) in [6.07, 6.45) is 7.42. The fraction of sp³-hybridized carbons (Fsp3) is 0.773. The number of hydrogen-bond acceptors (Lipinski definition) is 6. The second-order valence-electron chi connectivity index (χ2n) is 9.84. The first-order valence-electron chi connectivity index (χ1n) is 11.5. The van der Waals surface area contributed by atoms with E-state index in [0.717, 1.165) is 51.1 Å². The van der Waals surface area contributed by atoms with Crippen LogP contribution in [0, 0.1) is 11.3 Å². The van der Waals surface area contributed by atoms with Gasteiger partial charge in [0.15, 0.2) is 0 Å². The van der Waals surface area contributed by atoms with Crippen molar-refractivity contribution in [3.8, 4) is 0 Å². The van der Waals surface area contributed by atoms with Crippen molar-refractivity contribution < 1.29 is 13.2 Å². The Bertz CT molecular complexity index is 889. The summed E-state index contributed by atoms with van der Waals surface area (Å²) in [6.45, 7) is 9.19. The van der Waals surface area contributed by atoms with Crippen LogP contribution in [-0.4, -0.2) is 77.5 Å². The van der Waals surface area contributed by atoms with Crippen molar-refractivity contribution in [2.75, 3.05) is 43.4 Å². The Morgan fingerprint density at radius 2 is 1.65 bits per heavy atom. The lowest BCUT2D eigenvalue weighted by molar-refractivity contribution is -0.139. The van der Waals surface area contributed by atoms with Crippen LogP contribution >= 0.6 is 0 Å². The van der Waals surface area contributed by atoms with E-state index < -0.39 is 10.0 Å². The Kier molecular flexibility index (Phi) is 6.02. The molecule has 3 aliphatic heterocycles. The number of sulfonamides is 1. The topological polar surface area (TPSA) is 86.7 Å². The Balaban J connectivity index is 1.47. The maximum Gasteiger partial charge on any atom is 0.229 e. The van der Waals surface area contributed by atoms with E-state index in [-0.39, 0.29) is 28.5 Å². The van der Waals surface area contributed by atoms with Gasteiger partial charge in [-0.1, -0.05) is 13.8 Å². The third-order valence-corrected chi connectivity index (χ3v) is 9.64. The smallest absolute Gasteiger partial charge is 0.229 e. The van der Waals surface area contributed by atoms with E-state index in [9.17, 15) is 13.2 Å². The number of nitrogens with zero attached hydrogens (tertiary/aromatic N) is 5. The standard InChI is InChI=1S/C22H35N5O3S/c1-4-27-19(28)21(6-12-25(13-7-21)20-23-10-5-11-24-20)17-22(27)8-14-26(15-9-22)31(29,30)16-18(2)3/h5,10-11,18H,4,6-9,12-17H2,1-3H3. The zero-order chi connectivity index (χ0) is 22.3. The molecule has 1 aromatic rings. The highest BCUT2D eigenvalue weighted by Crippen LogP contribution is 2.53.